The summed E-state index contributed by atoms with van der Waals surface area (Å²) in [7, 11) is 0. The van der Waals surface area contributed by atoms with Gasteiger partial charge in [0.05, 0.1) is 6.04 Å². The number of rotatable bonds is 6. The molecule has 0 bridgehead atoms. The molecular formula is C22H31N5O2. The third kappa shape index (κ3) is 6.71. The number of ether oxygens (including phenoxy) is 1. The van der Waals surface area contributed by atoms with Gasteiger partial charge < -0.3 is 20.3 Å². The third-order valence-corrected chi connectivity index (χ3v) is 4.83. The van der Waals surface area contributed by atoms with Crippen LogP contribution in [0.1, 0.15) is 45.2 Å². The molecule has 156 valence electrons. The molecule has 0 aliphatic carbocycles. The summed E-state index contributed by atoms with van der Waals surface area (Å²) in [4.78, 5) is 22.6. The predicted octanol–water partition coefficient (Wildman–Crippen LogP) is 3.62. The average molecular weight is 398 g/mol. The monoisotopic (exact) mass is 397 g/mol. The molecule has 7 nitrogen and oxygen atoms in total. The van der Waals surface area contributed by atoms with Gasteiger partial charge >= 0.3 is 6.09 Å². The number of aromatic nitrogens is 2. The van der Waals surface area contributed by atoms with Crippen molar-refractivity contribution in [1.29, 1.82) is 0 Å². The Morgan fingerprint density at radius 2 is 1.79 bits per heavy atom. The van der Waals surface area contributed by atoms with E-state index in [1.807, 2.05) is 39.0 Å². The zero-order chi connectivity index (χ0) is 20.7. The van der Waals surface area contributed by atoms with Gasteiger partial charge in [-0.15, -0.1) is 0 Å². The molecule has 1 fully saturated rings. The number of benzene rings is 1. The van der Waals surface area contributed by atoms with Crippen molar-refractivity contribution in [2.75, 3.05) is 25.0 Å². The van der Waals surface area contributed by atoms with Gasteiger partial charge in [-0.3, -0.25) is 0 Å². The first-order valence-electron chi connectivity index (χ1n) is 10.2. The fourth-order valence-corrected chi connectivity index (χ4v) is 3.34. The fourth-order valence-electron chi connectivity index (χ4n) is 3.34. The van der Waals surface area contributed by atoms with Crippen molar-refractivity contribution >= 4 is 12.0 Å². The molecule has 0 saturated carbocycles. The molecule has 1 aliphatic rings. The highest BCUT2D eigenvalue weighted by molar-refractivity contribution is 5.68. The minimum Gasteiger partial charge on any atom is -0.444 e. The lowest BCUT2D eigenvalue weighted by Crippen LogP contribution is -2.47. The first-order chi connectivity index (χ1) is 13.9. The maximum atomic E-state index is 12.2. The second kappa shape index (κ2) is 9.69. The van der Waals surface area contributed by atoms with Crippen molar-refractivity contribution in [2.24, 2.45) is 0 Å². The van der Waals surface area contributed by atoms with Crippen LogP contribution in [0.15, 0.2) is 48.8 Å². The summed E-state index contributed by atoms with van der Waals surface area (Å²) in [6, 6.07) is 12.5. The zero-order valence-corrected chi connectivity index (χ0v) is 17.5. The highest BCUT2D eigenvalue weighted by Crippen LogP contribution is 2.19. The van der Waals surface area contributed by atoms with E-state index in [-0.39, 0.29) is 12.1 Å². The Kier molecular flexibility index (Phi) is 7.04. The van der Waals surface area contributed by atoms with Gasteiger partial charge in [-0.05, 0) is 45.2 Å². The van der Waals surface area contributed by atoms with Crippen molar-refractivity contribution in [3.05, 3.63) is 54.4 Å². The maximum Gasteiger partial charge on any atom is 0.410 e. The number of nitrogens with one attached hydrogen (secondary N) is 2. The number of amides is 1. The van der Waals surface area contributed by atoms with E-state index >= 15 is 0 Å². The van der Waals surface area contributed by atoms with Crippen LogP contribution in [-0.2, 0) is 4.74 Å². The van der Waals surface area contributed by atoms with Gasteiger partial charge in [-0.1, -0.05) is 30.3 Å². The van der Waals surface area contributed by atoms with Crippen LogP contribution < -0.4 is 10.6 Å². The fraction of sp³-hybridized carbons (Fsp3) is 0.500. The summed E-state index contributed by atoms with van der Waals surface area (Å²) < 4.78 is 5.48. The minimum absolute atomic E-state index is 0.0579. The normalized spacial score (nSPS) is 16.3. The van der Waals surface area contributed by atoms with E-state index in [2.05, 4.69) is 32.7 Å². The van der Waals surface area contributed by atoms with Crippen LogP contribution in [0.2, 0.25) is 0 Å². The van der Waals surface area contributed by atoms with Crippen LogP contribution >= 0.6 is 0 Å². The predicted molar refractivity (Wildman–Crippen MR) is 114 cm³/mol. The molecule has 3 rings (SSSR count). The molecule has 0 unspecified atom stereocenters. The summed E-state index contributed by atoms with van der Waals surface area (Å²) in [5, 5.41) is 7.07. The smallest absolute Gasteiger partial charge is 0.410 e. The minimum atomic E-state index is -0.458. The number of carbonyl (C=O) groups excluding carboxylic acids is 1. The number of anilines is 1. The van der Waals surface area contributed by atoms with E-state index in [4.69, 9.17) is 4.74 Å². The van der Waals surface area contributed by atoms with Crippen molar-refractivity contribution in [2.45, 2.75) is 51.3 Å². The largest absolute Gasteiger partial charge is 0.444 e. The molecule has 0 spiro atoms. The van der Waals surface area contributed by atoms with Crippen molar-refractivity contribution in [3.8, 4) is 0 Å². The third-order valence-electron chi connectivity index (χ3n) is 4.83. The Labute approximate surface area is 172 Å². The molecule has 1 aromatic carbocycles. The molecule has 1 atom stereocenters. The molecule has 1 amide bonds. The molecule has 0 radical (unpaired) electrons. The van der Waals surface area contributed by atoms with Gasteiger partial charge in [0.25, 0.3) is 0 Å². The molecule has 1 aliphatic heterocycles. The first-order valence-corrected chi connectivity index (χ1v) is 10.2. The lowest BCUT2D eigenvalue weighted by Gasteiger charge is -2.34. The number of hydrogen-bond acceptors (Lipinski definition) is 6. The van der Waals surface area contributed by atoms with Crippen LogP contribution in [0.5, 0.6) is 0 Å². The second-order valence-electron chi connectivity index (χ2n) is 8.33. The highest BCUT2D eigenvalue weighted by atomic mass is 16.6. The summed E-state index contributed by atoms with van der Waals surface area (Å²) >= 11 is 0. The molecule has 2 heterocycles. The van der Waals surface area contributed by atoms with Crippen LogP contribution in [-0.4, -0.2) is 52.2 Å². The van der Waals surface area contributed by atoms with Gasteiger partial charge in [0, 0.05) is 38.1 Å². The van der Waals surface area contributed by atoms with Gasteiger partial charge in [-0.2, -0.15) is 0 Å². The highest BCUT2D eigenvalue weighted by Gasteiger charge is 2.27. The van der Waals surface area contributed by atoms with Gasteiger partial charge in [0.1, 0.15) is 5.60 Å². The zero-order valence-electron chi connectivity index (χ0n) is 17.5. The lowest BCUT2D eigenvalue weighted by atomic mass is 10.0. The summed E-state index contributed by atoms with van der Waals surface area (Å²) in [5.74, 6) is 0.614. The van der Waals surface area contributed by atoms with Crippen LogP contribution in [0.3, 0.4) is 0 Å². The Bertz CT molecular complexity index is 756. The lowest BCUT2D eigenvalue weighted by molar-refractivity contribution is 0.0198. The molecule has 7 heteroatoms. The van der Waals surface area contributed by atoms with Gasteiger partial charge in [0.2, 0.25) is 5.95 Å². The molecule has 2 N–H and O–H groups in total. The standard InChI is InChI=1S/C22H31N5O2/c1-22(2,3)29-21(28)27-14-10-18(11-15-27)25-16-19(17-8-5-4-6-9-17)26-20-23-12-7-13-24-20/h4-9,12-13,18-19,25H,10-11,14-16H2,1-3H3,(H,23,24,26)/t19-/m1/s1. The van der Waals surface area contributed by atoms with E-state index in [1.54, 1.807) is 23.4 Å². The molecule has 1 saturated heterocycles. The van der Waals surface area contributed by atoms with E-state index in [0.29, 0.717) is 25.1 Å². The number of likely N-dealkylation sites (tertiary alicyclic amines) is 1. The number of hydrogen-bond donors (Lipinski definition) is 2. The number of carbonyl (C=O) groups is 1. The van der Waals surface area contributed by atoms with E-state index in [9.17, 15) is 4.79 Å². The Morgan fingerprint density at radius 1 is 1.14 bits per heavy atom. The second-order valence-corrected chi connectivity index (χ2v) is 8.33. The molecular weight excluding hydrogens is 366 g/mol. The topological polar surface area (TPSA) is 79.4 Å². The Morgan fingerprint density at radius 3 is 2.41 bits per heavy atom. The maximum absolute atomic E-state index is 12.2. The number of nitrogens with zero attached hydrogens (tertiary/aromatic N) is 3. The van der Waals surface area contributed by atoms with Crippen molar-refractivity contribution in [3.63, 3.8) is 0 Å². The summed E-state index contributed by atoms with van der Waals surface area (Å²) in [6.07, 6.45) is 5.06. The molecule has 29 heavy (non-hydrogen) atoms. The van der Waals surface area contributed by atoms with E-state index in [1.165, 1.54) is 5.56 Å². The van der Waals surface area contributed by atoms with Gasteiger partial charge in [0.15, 0.2) is 0 Å². The van der Waals surface area contributed by atoms with Crippen LogP contribution in [0, 0.1) is 0 Å². The average Bonchev–Trinajstić information content (AvgIpc) is 2.71. The Balaban J connectivity index is 1.53. The van der Waals surface area contributed by atoms with Gasteiger partial charge in [-0.25, -0.2) is 14.8 Å². The number of piperidine rings is 1. The van der Waals surface area contributed by atoms with Crippen LogP contribution in [0.25, 0.3) is 0 Å². The quantitative estimate of drug-likeness (QED) is 0.775. The van der Waals surface area contributed by atoms with E-state index < -0.39 is 5.60 Å². The SMILES string of the molecule is CC(C)(C)OC(=O)N1CCC(NC[C@@H](Nc2ncccn2)c2ccccc2)CC1. The van der Waals surface area contributed by atoms with E-state index in [0.717, 1.165) is 19.4 Å². The summed E-state index contributed by atoms with van der Waals surface area (Å²) in [5.41, 5.74) is 0.721. The first kappa shape index (κ1) is 21.0. The Hall–Kier alpha value is -2.67. The molecule has 1 aromatic heterocycles. The van der Waals surface area contributed by atoms with Crippen molar-refractivity contribution in [1.82, 2.24) is 20.2 Å². The summed E-state index contributed by atoms with van der Waals surface area (Å²) in [6.45, 7) is 7.85. The molecule has 2 aromatic rings. The van der Waals surface area contributed by atoms with Crippen molar-refractivity contribution < 1.29 is 9.53 Å². The van der Waals surface area contributed by atoms with Crippen LogP contribution in [0.4, 0.5) is 10.7 Å².